The smallest absolute Gasteiger partial charge is 0.383 e. The van der Waals surface area contributed by atoms with Crippen LogP contribution in [0.5, 0.6) is 0 Å². The number of carbonyl (C=O) groups is 1. The summed E-state index contributed by atoms with van der Waals surface area (Å²) in [5.41, 5.74) is 1.24. The first-order valence-electron chi connectivity index (χ1n) is 7.69. The van der Waals surface area contributed by atoms with Gasteiger partial charge < -0.3 is 10.0 Å². The van der Waals surface area contributed by atoms with Crippen molar-refractivity contribution >= 4 is 5.91 Å². The summed E-state index contributed by atoms with van der Waals surface area (Å²) in [6.45, 7) is 4.39. The van der Waals surface area contributed by atoms with Crippen LogP contribution in [0.15, 0.2) is 6.07 Å². The first kappa shape index (κ1) is 17.8. The molecule has 1 unspecified atom stereocenters. The Balaban J connectivity index is 2.00. The molecule has 2 rings (SSSR count). The van der Waals surface area contributed by atoms with Gasteiger partial charge in [0.05, 0.1) is 0 Å². The number of alkyl halides is 3. The summed E-state index contributed by atoms with van der Waals surface area (Å²) in [5.74, 6) is -0.900. The number of aliphatic hydroxyl groups is 1. The molecule has 0 radical (unpaired) electrons. The Morgan fingerprint density at radius 3 is 2.35 bits per heavy atom. The average Bonchev–Trinajstić information content (AvgIpc) is 2.87. The molecule has 0 spiro atoms. The van der Waals surface area contributed by atoms with Crippen molar-refractivity contribution in [2.45, 2.75) is 44.9 Å². The van der Waals surface area contributed by atoms with E-state index in [0.29, 0.717) is 5.69 Å². The molecule has 0 bridgehead atoms. The summed E-state index contributed by atoms with van der Waals surface area (Å²) < 4.78 is 39.3. The van der Waals surface area contributed by atoms with E-state index in [1.165, 1.54) is 4.90 Å². The molecule has 23 heavy (non-hydrogen) atoms. The number of hydrogen-bond donors (Lipinski definition) is 1. The minimum Gasteiger partial charge on any atom is -0.383 e. The van der Waals surface area contributed by atoms with Gasteiger partial charge in [-0.15, -0.1) is 0 Å². The quantitative estimate of drug-likeness (QED) is 0.923. The number of hydrogen-bond acceptors (Lipinski definition) is 3. The first-order chi connectivity index (χ1) is 10.6. The number of aliphatic hydroxyl groups excluding tert-OH is 1. The van der Waals surface area contributed by atoms with E-state index in [1.54, 1.807) is 17.8 Å². The van der Waals surface area contributed by atoms with Crippen LogP contribution in [0.25, 0.3) is 0 Å². The lowest BCUT2D eigenvalue weighted by Crippen LogP contribution is -2.45. The van der Waals surface area contributed by atoms with Crippen molar-refractivity contribution in [1.82, 2.24) is 14.7 Å². The van der Waals surface area contributed by atoms with Crippen LogP contribution in [-0.4, -0.2) is 51.1 Å². The number of likely N-dealkylation sites (tertiary alicyclic amines) is 1. The molecule has 130 valence electrons. The standard InChI is InChI=1S/C15H22F3N3O2/c1-9(2)12-8-11(19-20(12)3)14(23)21-6-4-10(5-7-21)13(22)15(16,17)18/h8-10,13,22H,4-7H2,1-3H3. The van der Waals surface area contributed by atoms with E-state index < -0.39 is 18.2 Å². The van der Waals surface area contributed by atoms with Crippen LogP contribution in [0.4, 0.5) is 13.2 Å². The highest BCUT2D eigenvalue weighted by molar-refractivity contribution is 5.92. The van der Waals surface area contributed by atoms with Crippen LogP contribution in [-0.2, 0) is 7.05 Å². The molecule has 1 aliphatic rings. The molecule has 0 aliphatic carbocycles. The fourth-order valence-corrected chi connectivity index (χ4v) is 2.97. The molecular formula is C15H22F3N3O2. The molecule has 1 saturated heterocycles. The van der Waals surface area contributed by atoms with E-state index in [2.05, 4.69) is 5.10 Å². The highest BCUT2D eigenvalue weighted by atomic mass is 19.4. The van der Waals surface area contributed by atoms with E-state index in [4.69, 9.17) is 0 Å². The molecule has 2 heterocycles. The van der Waals surface area contributed by atoms with Gasteiger partial charge in [-0.05, 0) is 30.7 Å². The number of carbonyl (C=O) groups excluding carboxylic acids is 1. The van der Waals surface area contributed by atoms with Crippen molar-refractivity contribution in [2.75, 3.05) is 13.1 Å². The Morgan fingerprint density at radius 2 is 1.91 bits per heavy atom. The van der Waals surface area contributed by atoms with Gasteiger partial charge in [0.15, 0.2) is 11.8 Å². The van der Waals surface area contributed by atoms with E-state index in [-0.39, 0.29) is 37.8 Å². The highest BCUT2D eigenvalue weighted by Gasteiger charge is 2.44. The minimum absolute atomic E-state index is 0.135. The Kier molecular flexibility index (Phi) is 5.03. The lowest BCUT2D eigenvalue weighted by molar-refractivity contribution is -0.222. The van der Waals surface area contributed by atoms with E-state index >= 15 is 0 Å². The number of nitrogens with zero attached hydrogens (tertiary/aromatic N) is 3. The Bertz CT molecular complexity index is 561. The molecule has 1 aliphatic heterocycles. The minimum atomic E-state index is -4.61. The molecule has 8 heteroatoms. The van der Waals surface area contributed by atoms with Gasteiger partial charge in [-0.2, -0.15) is 18.3 Å². The molecule has 1 atom stereocenters. The maximum atomic E-state index is 12.5. The zero-order valence-corrected chi connectivity index (χ0v) is 13.5. The summed E-state index contributed by atoms with van der Waals surface area (Å²) in [6, 6.07) is 1.73. The maximum absolute atomic E-state index is 12.5. The summed E-state index contributed by atoms with van der Waals surface area (Å²) in [4.78, 5) is 13.9. The molecule has 0 saturated carbocycles. The third-order valence-electron chi connectivity index (χ3n) is 4.34. The lowest BCUT2D eigenvalue weighted by Gasteiger charge is -2.34. The molecule has 1 aromatic heterocycles. The topological polar surface area (TPSA) is 58.4 Å². The van der Waals surface area contributed by atoms with Gasteiger partial charge in [-0.1, -0.05) is 13.8 Å². The number of aryl methyl sites for hydroxylation is 1. The molecule has 1 aromatic rings. The van der Waals surface area contributed by atoms with E-state index in [1.807, 2.05) is 13.8 Å². The van der Waals surface area contributed by atoms with Crippen LogP contribution in [0.2, 0.25) is 0 Å². The molecule has 1 N–H and O–H groups in total. The molecule has 1 amide bonds. The molecule has 1 fully saturated rings. The van der Waals surface area contributed by atoms with Crippen LogP contribution in [0.1, 0.15) is 48.8 Å². The van der Waals surface area contributed by atoms with Crippen molar-refractivity contribution in [1.29, 1.82) is 0 Å². The second-order valence-corrected chi connectivity index (χ2v) is 6.35. The van der Waals surface area contributed by atoms with Gasteiger partial charge >= 0.3 is 6.18 Å². The van der Waals surface area contributed by atoms with Crippen molar-refractivity contribution in [3.8, 4) is 0 Å². The van der Waals surface area contributed by atoms with Crippen LogP contribution >= 0.6 is 0 Å². The van der Waals surface area contributed by atoms with Crippen molar-refractivity contribution in [3.63, 3.8) is 0 Å². The van der Waals surface area contributed by atoms with Gasteiger partial charge in [0.2, 0.25) is 0 Å². The van der Waals surface area contributed by atoms with Crippen molar-refractivity contribution in [2.24, 2.45) is 13.0 Å². The Labute approximate surface area is 133 Å². The third-order valence-corrected chi connectivity index (χ3v) is 4.34. The summed E-state index contributed by atoms with van der Waals surface area (Å²) in [6.07, 6.45) is -6.65. The highest BCUT2D eigenvalue weighted by Crippen LogP contribution is 2.32. The fraction of sp³-hybridized carbons (Fsp3) is 0.733. The largest absolute Gasteiger partial charge is 0.414 e. The van der Waals surface area contributed by atoms with Gasteiger partial charge in [0.25, 0.3) is 5.91 Å². The second kappa shape index (κ2) is 6.51. The predicted octanol–water partition coefficient (Wildman–Crippen LogP) is 2.32. The number of rotatable bonds is 3. The zero-order chi connectivity index (χ0) is 17.4. The maximum Gasteiger partial charge on any atom is 0.414 e. The predicted molar refractivity (Wildman–Crippen MR) is 78.0 cm³/mol. The third kappa shape index (κ3) is 3.85. The summed E-state index contributed by atoms with van der Waals surface area (Å²) >= 11 is 0. The number of amides is 1. The van der Waals surface area contributed by atoms with Gasteiger partial charge in [-0.25, -0.2) is 0 Å². The van der Waals surface area contributed by atoms with Gasteiger partial charge in [-0.3, -0.25) is 9.48 Å². The second-order valence-electron chi connectivity index (χ2n) is 6.35. The Morgan fingerprint density at radius 1 is 1.35 bits per heavy atom. The normalized spacial score (nSPS) is 18.5. The van der Waals surface area contributed by atoms with Crippen LogP contribution < -0.4 is 0 Å². The van der Waals surface area contributed by atoms with Crippen molar-refractivity contribution in [3.05, 3.63) is 17.5 Å². The molecule has 0 aromatic carbocycles. The fourth-order valence-electron chi connectivity index (χ4n) is 2.97. The SMILES string of the molecule is CC(C)c1cc(C(=O)N2CCC(C(O)C(F)(F)F)CC2)nn1C. The zero-order valence-electron chi connectivity index (χ0n) is 13.5. The lowest BCUT2D eigenvalue weighted by atomic mass is 9.91. The summed E-state index contributed by atoms with van der Waals surface area (Å²) in [7, 11) is 1.76. The average molecular weight is 333 g/mol. The molecular weight excluding hydrogens is 311 g/mol. The van der Waals surface area contributed by atoms with Gasteiger partial charge in [0.1, 0.15) is 0 Å². The van der Waals surface area contributed by atoms with E-state index in [0.717, 1.165) is 5.69 Å². The first-order valence-corrected chi connectivity index (χ1v) is 7.69. The Hall–Kier alpha value is -1.57. The van der Waals surface area contributed by atoms with Crippen LogP contribution in [0.3, 0.4) is 0 Å². The van der Waals surface area contributed by atoms with Crippen LogP contribution in [0, 0.1) is 5.92 Å². The number of halogens is 3. The van der Waals surface area contributed by atoms with E-state index in [9.17, 15) is 23.1 Å². The monoisotopic (exact) mass is 333 g/mol. The summed E-state index contributed by atoms with van der Waals surface area (Å²) in [5, 5.41) is 13.5. The molecule has 5 nitrogen and oxygen atoms in total. The van der Waals surface area contributed by atoms with Gasteiger partial charge in [0, 0.05) is 25.8 Å². The van der Waals surface area contributed by atoms with Crippen molar-refractivity contribution < 1.29 is 23.1 Å². The number of aromatic nitrogens is 2. The number of piperidine rings is 1.